The Hall–Kier alpha value is -1.94. The van der Waals surface area contributed by atoms with Crippen molar-refractivity contribution in [3.05, 3.63) is 58.8 Å². The number of nitrogens with zero attached hydrogens (tertiary/aromatic N) is 1. The first-order chi connectivity index (χ1) is 8.75. The minimum atomic E-state index is 0.255. The Bertz CT molecular complexity index is 736. The molecule has 0 bridgehead atoms. The van der Waals surface area contributed by atoms with Crippen LogP contribution in [0.15, 0.2) is 42.7 Å². The maximum Gasteiger partial charge on any atom is 0.174 e. The number of pyridine rings is 1. The molecule has 0 saturated heterocycles. The zero-order valence-corrected chi connectivity index (χ0v) is 10.8. The maximum absolute atomic E-state index is 5.07. The van der Waals surface area contributed by atoms with Crippen molar-refractivity contribution in [2.45, 2.75) is 12.8 Å². The highest BCUT2D eigenvalue weighted by Crippen LogP contribution is 2.28. The molecule has 0 saturated carbocycles. The van der Waals surface area contributed by atoms with Gasteiger partial charge in [-0.15, -0.1) is 0 Å². The van der Waals surface area contributed by atoms with Crippen LogP contribution >= 0.6 is 12.2 Å². The summed E-state index contributed by atoms with van der Waals surface area (Å²) in [6.07, 6.45) is 3.75. The summed E-state index contributed by atoms with van der Waals surface area (Å²) in [5.74, 6) is 0.255. The molecule has 0 unspecified atom stereocenters. The van der Waals surface area contributed by atoms with E-state index in [9.17, 15) is 0 Å². The molecule has 0 fully saturated rings. The molecule has 3 rings (SSSR count). The van der Waals surface area contributed by atoms with E-state index in [0.717, 1.165) is 11.2 Å². The number of nitrogens with one attached hydrogen (secondary N) is 2. The summed E-state index contributed by atoms with van der Waals surface area (Å²) in [6.45, 7) is 2.16. The van der Waals surface area contributed by atoms with Crippen LogP contribution in [0.5, 0.6) is 0 Å². The molecule has 2 aromatic heterocycles. The van der Waals surface area contributed by atoms with Gasteiger partial charge in [0.05, 0.1) is 5.52 Å². The van der Waals surface area contributed by atoms with E-state index < -0.39 is 0 Å². The Labute approximate surface area is 110 Å². The van der Waals surface area contributed by atoms with Crippen molar-refractivity contribution >= 4 is 23.1 Å². The first-order valence-electron chi connectivity index (χ1n) is 5.87. The van der Waals surface area contributed by atoms with Crippen LogP contribution in [0.3, 0.4) is 0 Å². The quantitative estimate of drug-likeness (QED) is 0.685. The minimum absolute atomic E-state index is 0.255. The number of hydrogen-bond donors (Lipinski definition) is 2. The molecule has 0 spiro atoms. The zero-order valence-electron chi connectivity index (χ0n) is 9.97. The van der Waals surface area contributed by atoms with Crippen molar-refractivity contribution in [3.8, 4) is 0 Å². The highest BCUT2D eigenvalue weighted by Gasteiger charge is 2.12. The van der Waals surface area contributed by atoms with Gasteiger partial charge >= 0.3 is 0 Å². The molecule has 0 aliphatic rings. The Morgan fingerprint density at radius 2 is 2.11 bits per heavy atom. The predicted molar refractivity (Wildman–Crippen MR) is 75.2 cm³/mol. The molecule has 90 valence electrons. The van der Waals surface area contributed by atoms with Crippen molar-refractivity contribution in [1.29, 1.82) is 0 Å². The molecule has 2 N–H and O–H groups in total. The third-order valence-corrected chi connectivity index (χ3v) is 3.45. The van der Waals surface area contributed by atoms with E-state index in [0.29, 0.717) is 4.77 Å². The van der Waals surface area contributed by atoms with E-state index in [1.807, 2.05) is 30.6 Å². The summed E-state index contributed by atoms with van der Waals surface area (Å²) >= 11 is 5.07. The normalized spacial score (nSPS) is 12.7. The third kappa shape index (κ3) is 1.84. The second-order valence-electron chi connectivity index (χ2n) is 4.34. The smallest absolute Gasteiger partial charge is 0.174 e. The van der Waals surface area contributed by atoms with E-state index in [1.54, 1.807) is 0 Å². The molecule has 4 heteroatoms. The second kappa shape index (κ2) is 4.38. The van der Waals surface area contributed by atoms with Gasteiger partial charge in [-0.2, -0.15) is 0 Å². The minimum Gasteiger partial charge on any atom is -0.337 e. The van der Waals surface area contributed by atoms with E-state index >= 15 is 0 Å². The number of aromatic amines is 2. The monoisotopic (exact) mass is 255 g/mol. The number of aromatic nitrogens is 3. The molecule has 1 aromatic carbocycles. The summed E-state index contributed by atoms with van der Waals surface area (Å²) in [7, 11) is 0. The molecular weight excluding hydrogens is 242 g/mol. The summed E-state index contributed by atoms with van der Waals surface area (Å²) in [5, 5.41) is 1.19. The van der Waals surface area contributed by atoms with Crippen LogP contribution in [-0.2, 0) is 0 Å². The third-order valence-electron chi connectivity index (χ3n) is 3.23. The maximum atomic E-state index is 5.07. The van der Waals surface area contributed by atoms with Crippen LogP contribution in [0.25, 0.3) is 10.9 Å². The average Bonchev–Trinajstić information content (AvgIpc) is 2.84. The molecule has 0 aliphatic carbocycles. The average molecular weight is 255 g/mol. The second-order valence-corrected chi connectivity index (χ2v) is 4.75. The molecule has 1 atom stereocenters. The van der Waals surface area contributed by atoms with Crippen LogP contribution in [0.4, 0.5) is 0 Å². The standard InChI is InChI=1S/C14H13N3S/c1-9(13-8-16-14(18)17-13)10-4-2-6-12-11(10)5-3-7-15-12/h2-9H,1H3,(H2,16,17,18)/t9-/m0/s1. The van der Waals surface area contributed by atoms with Crippen LogP contribution in [0.2, 0.25) is 0 Å². The Morgan fingerprint density at radius 3 is 2.89 bits per heavy atom. The van der Waals surface area contributed by atoms with E-state index in [2.05, 4.69) is 34.0 Å². The van der Waals surface area contributed by atoms with Crippen molar-refractivity contribution in [2.24, 2.45) is 0 Å². The van der Waals surface area contributed by atoms with Gasteiger partial charge in [0.25, 0.3) is 0 Å². The van der Waals surface area contributed by atoms with Gasteiger partial charge in [0.1, 0.15) is 0 Å². The number of imidazole rings is 1. The van der Waals surface area contributed by atoms with Crippen LogP contribution in [-0.4, -0.2) is 15.0 Å². The fraction of sp³-hybridized carbons (Fsp3) is 0.143. The lowest BCUT2D eigenvalue weighted by molar-refractivity contribution is 0.890. The summed E-state index contributed by atoms with van der Waals surface area (Å²) in [6, 6.07) is 10.3. The summed E-state index contributed by atoms with van der Waals surface area (Å²) in [5.41, 5.74) is 3.37. The SMILES string of the molecule is C[C@H](c1c[nH]c(=S)[nH]1)c1cccc2ncccc12. The zero-order chi connectivity index (χ0) is 12.5. The fourth-order valence-corrected chi connectivity index (χ4v) is 2.43. The van der Waals surface area contributed by atoms with E-state index in [4.69, 9.17) is 12.2 Å². The van der Waals surface area contributed by atoms with Crippen molar-refractivity contribution < 1.29 is 0 Å². The summed E-state index contributed by atoms with van der Waals surface area (Å²) < 4.78 is 0.662. The molecule has 0 aliphatic heterocycles. The van der Waals surface area contributed by atoms with Gasteiger partial charge < -0.3 is 9.97 Å². The van der Waals surface area contributed by atoms with Gasteiger partial charge in [-0.1, -0.05) is 25.1 Å². The van der Waals surface area contributed by atoms with Gasteiger partial charge in [-0.05, 0) is 29.9 Å². The lowest BCUT2D eigenvalue weighted by atomic mass is 9.94. The molecule has 3 nitrogen and oxygen atoms in total. The molecular formula is C14H13N3S. The fourth-order valence-electron chi connectivity index (χ4n) is 2.25. The topological polar surface area (TPSA) is 44.5 Å². The highest BCUT2D eigenvalue weighted by atomic mass is 32.1. The van der Waals surface area contributed by atoms with Crippen LogP contribution < -0.4 is 0 Å². The van der Waals surface area contributed by atoms with Crippen LogP contribution in [0, 0.1) is 4.77 Å². The van der Waals surface area contributed by atoms with E-state index in [1.165, 1.54) is 10.9 Å². The first kappa shape index (κ1) is 11.2. The van der Waals surface area contributed by atoms with Crippen molar-refractivity contribution in [1.82, 2.24) is 15.0 Å². The van der Waals surface area contributed by atoms with Gasteiger partial charge in [0, 0.05) is 29.4 Å². The van der Waals surface area contributed by atoms with Crippen LogP contribution in [0.1, 0.15) is 24.1 Å². The number of rotatable bonds is 2. The Morgan fingerprint density at radius 1 is 1.22 bits per heavy atom. The molecule has 3 aromatic rings. The lowest BCUT2D eigenvalue weighted by Crippen LogP contribution is -1.97. The molecule has 0 amide bonds. The largest absolute Gasteiger partial charge is 0.337 e. The lowest BCUT2D eigenvalue weighted by Gasteiger charge is -2.12. The number of hydrogen-bond acceptors (Lipinski definition) is 2. The summed E-state index contributed by atoms with van der Waals surface area (Å²) in [4.78, 5) is 10.6. The molecule has 0 radical (unpaired) electrons. The molecule has 2 heterocycles. The number of fused-ring (bicyclic) bond motifs is 1. The highest BCUT2D eigenvalue weighted by molar-refractivity contribution is 7.71. The number of H-pyrrole nitrogens is 2. The van der Waals surface area contributed by atoms with Gasteiger partial charge in [0.15, 0.2) is 4.77 Å². The molecule has 18 heavy (non-hydrogen) atoms. The van der Waals surface area contributed by atoms with Crippen molar-refractivity contribution in [3.63, 3.8) is 0 Å². The Balaban J connectivity index is 2.17. The predicted octanol–water partition coefficient (Wildman–Crippen LogP) is 3.77. The van der Waals surface area contributed by atoms with Crippen molar-refractivity contribution in [2.75, 3.05) is 0 Å². The first-order valence-corrected chi connectivity index (χ1v) is 6.28. The van der Waals surface area contributed by atoms with Gasteiger partial charge in [-0.3, -0.25) is 4.98 Å². The Kier molecular flexibility index (Phi) is 2.72. The number of benzene rings is 1. The van der Waals surface area contributed by atoms with E-state index in [-0.39, 0.29) is 5.92 Å². The van der Waals surface area contributed by atoms with Gasteiger partial charge in [-0.25, -0.2) is 0 Å². The van der Waals surface area contributed by atoms with Gasteiger partial charge in [0.2, 0.25) is 0 Å².